The molecule has 3 atom stereocenters. The third-order valence-electron chi connectivity index (χ3n) is 6.49. The van der Waals surface area contributed by atoms with Gasteiger partial charge in [-0.1, -0.05) is 54.6 Å². The zero-order chi connectivity index (χ0) is 24.0. The second kappa shape index (κ2) is 11.1. The molecular formula is C26H32N2O5. The standard InChI is InChI=1S/C26H32N2O5/c1-18(27(2)22(25(30)32-3)15-14-19-10-6-5-7-11-19)24(29)28-17-21-13-9-8-12-20(21)16-23(28)26(31)33-4/h5-13,18,22-23H,14-17H2,1-4H3/t18-,22-,23?/m1/s1. The number of benzene rings is 2. The van der Waals surface area contributed by atoms with Crippen LogP contribution < -0.4 is 0 Å². The molecule has 3 rings (SSSR count). The Hall–Kier alpha value is -3.19. The smallest absolute Gasteiger partial charge is 0.328 e. The Labute approximate surface area is 195 Å². The number of fused-ring (bicyclic) bond motifs is 1. The van der Waals surface area contributed by atoms with Crippen LogP contribution in [-0.2, 0) is 43.2 Å². The molecular weight excluding hydrogens is 420 g/mol. The van der Waals surface area contributed by atoms with E-state index in [1.807, 2.05) is 54.6 Å². The summed E-state index contributed by atoms with van der Waals surface area (Å²) in [5.41, 5.74) is 3.15. The second-order valence-corrected chi connectivity index (χ2v) is 8.38. The number of carbonyl (C=O) groups excluding carboxylic acids is 3. The van der Waals surface area contributed by atoms with Crippen LogP contribution in [0.25, 0.3) is 0 Å². The minimum absolute atomic E-state index is 0.226. The van der Waals surface area contributed by atoms with Gasteiger partial charge in [0, 0.05) is 13.0 Å². The lowest BCUT2D eigenvalue weighted by Gasteiger charge is -2.39. The highest BCUT2D eigenvalue weighted by atomic mass is 16.5. The highest BCUT2D eigenvalue weighted by Gasteiger charge is 2.39. The van der Waals surface area contributed by atoms with E-state index in [1.54, 1.807) is 23.8 Å². The summed E-state index contributed by atoms with van der Waals surface area (Å²) in [7, 11) is 4.44. The number of amides is 1. The number of ether oxygens (including phenoxy) is 2. The number of hydrogen-bond acceptors (Lipinski definition) is 6. The Kier molecular flexibility index (Phi) is 8.22. The van der Waals surface area contributed by atoms with E-state index in [2.05, 4.69) is 0 Å². The monoisotopic (exact) mass is 452 g/mol. The fraction of sp³-hybridized carbons (Fsp3) is 0.423. The molecule has 0 bridgehead atoms. The number of hydrogen-bond donors (Lipinski definition) is 0. The van der Waals surface area contributed by atoms with E-state index in [0.717, 1.165) is 16.7 Å². The molecule has 1 aliphatic heterocycles. The maximum Gasteiger partial charge on any atom is 0.328 e. The summed E-state index contributed by atoms with van der Waals surface area (Å²) in [6.07, 6.45) is 1.58. The fourth-order valence-electron chi connectivity index (χ4n) is 4.36. The number of rotatable bonds is 8. The summed E-state index contributed by atoms with van der Waals surface area (Å²) in [4.78, 5) is 42.0. The van der Waals surface area contributed by atoms with Gasteiger partial charge in [-0.25, -0.2) is 4.79 Å². The van der Waals surface area contributed by atoms with Crippen LogP contribution in [-0.4, -0.2) is 67.0 Å². The van der Waals surface area contributed by atoms with Gasteiger partial charge in [0.2, 0.25) is 5.91 Å². The molecule has 1 heterocycles. The normalized spacial score (nSPS) is 17.1. The molecule has 0 spiro atoms. The van der Waals surface area contributed by atoms with Gasteiger partial charge < -0.3 is 14.4 Å². The van der Waals surface area contributed by atoms with Crippen molar-refractivity contribution in [2.24, 2.45) is 0 Å². The van der Waals surface area contributed by atoms with E-state index in [0.29, 0.717) is 25.8 Å². The molecule has 7 heteroatoms. The van der Waals surface area contributed by atoms with Gasteiger partial charge >= 0.3 is 11.9 Å². The highest BCUT2D eigenvalue weighted by Crippen LogP contribution is 2.26. The van der Waals surface area contributed by atoms with Gasteiger partial charge in [0.05, 0.1) is 20.3 Å². The Bertz CT molecular complexity index is 978. The van der Waals surface area contributed by atoms with Crippen LogP contribution in [0.5, 0.6) is 0 Å². The van der Waals surface area contributed by atoms with Crippen molar-refractivity contribution in [2.45, 2.75) is 50.9 Å². The first-order valence-electron chi connectivity index (χ1n) is 11.2. The van der Waals surface area contributed by atoms with Gasteiger partial charge in [-0.3, -0.25) is 14.5 Å². The minimum Gasteiger partial charge on any atom is -0.468 e. The summed E-state index contributed by atoms with van der Waals surface area (Å²) in [5.74, 6) is -1.06. The van der Waals surface area contributed by atoms with Crippen molar-refractivity contribution in [3.63, 3.8) is 0 Å². The van der Waals surface area contributed by atoms with E-state index < -0.39 is 24.1 Å². The average molecular weight is 453 g/mol. The molecule has 2 aromatic carbocycles. The molecule has 33 heavy (non-hydrogen) atoms. The summed E-state index contributed by atoms with van der Waals surface area (Å²) in [6.45, 7) is 2.08. The summed E-state index contributed by atoms with van der Waals surface area (Å²) in [5, 5.41) is 0. The van der Waals surface area contributed by atoms with Crippen LogP contribution in [0.2, 0.25) is 0 Å². The van der Waals surface area contributed by atoms with Crippen LogP contribution in [0, 0.1) is 0 Å². The van der Waals surface area contributed by atoms with Gasteiger partial charge in [-0.15, -0.1) is 0 Å². The average Bonchev–Trinajstić information content (AvgIpc) is 2.86. The molecule has 0 aliphatic carbocycles. The third-order valence-corrected chi connectivity index (χ3v) is 6.49. The zero-order valence-corrected chi connectivity index (χ0v) is 19.7. The Morgan fingerprint density at radius 2 is 1.64 bits per heavy atom. The highest BCUT2D eigenvalue weighted by molar-refractivity contribution is 5.88. The van der Waals surface area contributed by atoms with Crippen molar-refractivity contribution >= 4 is 17.8 Å². The van der Waals surface area contributed by atoms with Gasteiger partial charge in [-0.05, 0) is 43.5 Å². The van der Waals surface area contributed by atoms with Crippen LogP contribution in [0.4, 0.5) is 0 Å². The number of esters is 2. The van der Waals surface area contributed by atoms with E-state index >= 15 is 0 Å². The van der Waals surface area contributed by atoms with Crippen molar-refractivity contribution in [1.82, 2.24) is 9.80 Å². The van der Waals surface area contributed by atoms with E-state index in [4.69, 9.17) is 9.47 Å². The van der Waals surface area contributed by atoms with Crippen molar-refractivity contribution in [2.75, 3.05) is 21.3 Å². The van der Waals surface area contributed by atoms with Crippen molar-refractivity contribution in [1.29, 1.82) is 0 Å². The van der Waals surface area contributed by atoms with E-state index in [-0.39, 0.29) is 11.9 Å². The molecule has 0 N–H and O–H groups in total. The quantitative estimate of drug-likeness (QED) is 0.573. The predicted molar refractivity (Wildman–Crippen MR) is 124 cm³/mol. The maximum atomic E-state index is 13.6. The predicted octanol–water partition coefficient (Wildman–Crippen LogP) is 2.61. The number of aryl methyl sites for hydroxylation is 1. The molecule has 2 aromatic rings. The lowest BCUT2D eigenvalue weighted by Crippen LogP contribution is -2.57. The Morgan fingerprint density at radius 1 is 1.00 bits per heavy atom. The SMILES string of the molecule is COC(=O)C1Cc2ccccc2CN1C(=O)[C@@H](C)N(C)[C@H](CCc1ccccc1)C(=O)OC. The second-order valence-electron chi connectivity index (χ2n) is 8.38. The molecule has 1 amide bonds. The number of methoxy groups -OCH3 is 2. The molecule has 0 saturated carbocycles. The van der Waals surface area contributed by atoms with Gasteiger partial charge in [0.15, 0.2) is 0 Å². The van der Waals surface area contributed by atoms with Crippen molar-refractivity contribution in [3.8, 4) is 0 Å². The van der Waals surface area contributed by atoms with Gasteiger partial charge in [0.25, 0.3) is 0 Å². The van der Waals surface area contributed by atoms with Gasteiger partial charge in [-0.2, -0.15) is 0 Å². The van der Waals surface area contributed by atoms with Crippen molar-refractivity contribution < 1.29 is 23.9 Å². The number of nitrogens with zero attached hydrogens (tertiary/aromatic N) is 2. The largest absolute Gasteiger partial charge is 0.468 e. The first-order chi connectivity index (χ1) is 15.9. The summed E-state index contributed by atoms with van der Waals surface area (Å²) < 4.78 is 10.0. The molecule has 7 nitrogen and oxygen atoms in total. The molecule has 0 saturated heterocycles. The first-order valence-corrected chi connectivity index (χ1v) is 11.2. The maximum absolute atomic E-state index is 13.6. The van der Waals surface area contributed by atoms with Crippen LogP contribution in [0.15, 0.2) is 54.6 Å². The summed E-state index contributed by atoms with van der Waals surface area (Å²) >= 11 is 0. The molecule has 1 aliphatic rings. The Morgan fingerprint density at radius 3 is 2.27 bits per heavy atom. The fourth-order valence-corrected chi connectivity index (χ4v) is 4.36. The number of carbonyl (C=O) groups is 3. The van der Waals surface area contributed by atoms with E-state index in [9.17, 15) is 14.4 Å². The number of likely N-dealkylation sites (N-methyl/N-ethyl adjacent to an activating group) is 1. The Balaban J connectivity index is 1.79. The molecule has 0 fully saturated rings. The summed E-state index contributed by atoms with van der Waals surface area (Å²) in [6, 6.07) is 15.7. The zero-order valence-electron chi connectivity index (χ0n) is 19.7. The molecule has 0 radical (unpaired) electrons. The van der Waals surface area contributed by atoms with E-state index in [1.165, 1.54) is 14.2 Å². The minimum atomic E-state index is -0.700. The molecule has 176 valence electrons. The van der Waals surface area contributed by atoms with Crippen molar-refractivity contribution in [3.05, 3.63) is 71.3 Å². The van der Waals surface area contributed by atoms with Crippen LogP contribution in [0.1, 0.15) is 30.0 Å². The van der Waals surface area contributed by atoms with Gasteiger partial charge in [0.1, 0.15) is 12.1 Å². The molecule has 0 aromatic heterocycles. The first kappa shape index (κ1) is 24.5. The van der Waals surface area contributed by atoms with Crippen LogP contribution in [0.3, 0.4) is 0 Å². The lowest BCUT2D eigenvalue weighted by molar-refractivity contribution is -0.158. The molecule has 1 unspecified atom stereocenters. The lowest BCUT2D eigenvalue weighted by atomic mass is 9.93. The third kappa shape index (κ3) is 5.60. The van der Waals surface area contributed by atoms with Crippen LogP contribution >= 0.6 is 0 Å². The topological polar surface area (TPSA) is 76.2 Å².